The minimum absolute atomic E-state index is 0.210. The first kappa shape index (κ1) is 24.0. The lowest BCUT2D eigenvalue weighted by atomic mass is 10.0. The van der Waals surface area contributed by atoms with Crippen molar-refractivity contribution in [1.29, 1.82) is 5.26 Å². The van der Waals surface area contributed by atoms with Crippen LogP contribution in [-0.4, -0.2) is 27.3 Å². The van der Waals surface area contributed by atoms with E-state index in [-0.39, 0.29) is 17.9 Å². The molecule has 2 heterocycles. The molecule has 1 N–H and O–H groups in total. The lowest BCUT2D eigenvalue weighted by Gasteiger charge is -2.13. The Morgan fingerprint density at radius 1 is 1.06 bits per heavy atom. The molecule has 0 spiro atoms. The minimum atomic E-state index is -0.210. The molecule has 0 saturated carbocycles. The summed E-state index contributed by atoms with van der Waals surface area (Å²) in [5.74, 6) is 1.53. The van der Waals surface area contributed by atoms with Crippen molar-refractivity contribution in [3.05, 3.63) is 76.0 Å². The first-order valence-electron chi connectivity index (χ1n) is 11.6. The molecule has 0 aliphatic rings. The molecule has 2 aromatic carbocycles. The van der Waals surface area contributed by atoms with E-state index >= 15 is 0 Å². The Morgan fingerprint density at radius 2 is 1.80 bits per heavy atom. The number of anilines is 1. The minimum Gasteiger partial charge on any atom is -0.493 e. The van der Waals surface area contributed by atoms with E-state index in [9.17, 15) is 10.1 Å². The topological polar surface area (TPSA) is 92.8 Å². The normalized spacial score (nSPS) is 10.9. The Bertz CT molecular complexity index is 1440. The zero-order chi connectivity index (χ0) is 25.1. The number of carbonyl (C=O) groups excluding carboxylic acids is 1. The van der Waals surface area contributed by atoms with E-state index in [1.54, 1.807) is 0 Å². The fourth-order valence-electron chi connectivity index (χ4n) is 4.29. The number of nitriles is 1. The smallest absolute Gasteiger partial charge is 0.225 e. The number of nitrogens with one attached hydrogen (secondary N) is 1. The highest BCUT2D eigenvalue weighted by Crippen LogP contribution is 2.27. The van der Waals surface area contributed by atoms with Gasteiger partial charge in [-0.25, -0.2) is 4.98 Å². The van der Waals surface area contributed by atoms with Gasteiger partial charge in [-0.15, -0.1) is 0 Å². The largest absolute Gasteiger partial charge is 0.493 e. The Labute approximate surface area is 205 Å². The van der Waals surface area contributed by atoms with E-state index in [4.69, 9.17) is 9.72 Å². The quantitative estimate of drug-likeness (QED) is 0.356. The maximum atomic E-state index is 12.7. The highest BCUT2D eigenvalue weighted by molar-refractivity contribution is 5.91. The van der Waals surface area contributed by atoms with E-state index in [0.717, 1.165) is 38.9 Å². The van der Waals surface area contributed by atoms with Crippen LogP contribution in [-0.2, 0) is 4.79 Å². The molecule has 0 bridgehead atoms. The van der Waals surface area contributed by atoms with E-state index in [0.29, 0.717) is 24.7 Å². The number of hydrogen-bond donors (Lipinski definition) is 1. The number of hydrogen-bond acceptors (Lipinski definition) is 5. The van der Waals surface area contributed by atoms with Gasteiger partial charge in [-0.2, -0.15) is 15.0 Å². The molecule has 0 radical (unpaired) electrons. The van der Waals surface area contributed by atoms with E-state index in [1.165, 1.54) is 16.4 Å². The van der Waals surface area contributed by atoms with Gasteiger partial charge in [-0.1, -0.05) is 29.8 Å². The Hall–Kier alpha value is -4.18. The van der Waals surface area contributed by atoms with E-state index < -0.39 is 0 Å². The number of amides is 1. The van der Waals surface area contributed by atoms with Crippen molar-refractivity contribution in [2.75, 3.05) is 11.9 Å². The SMILES string of the molecule is Cc1cc(C)c2nc(-n3ncc(C#N)c3NC(=O)CCCOc3c(C)cccc3C)cc(C)c2c1. The first-order chi connectivity index (χ1) is 16.8. The van der Waals surface area contributed by atoms with Crippen LogP contribution in [0.5, 0.6) is 5.75 Å². The van der Waals surface area contributed by atoms with Crippen LogP contribution in [0.1, 0.15) is 46.2 Å². The van der Waals surface area contributed by atoms with Crippen LogP contribution in [0, 0.1) is 45.9 Å². The molecule has 0 aliphatic carbocycles. The number of pyridine rings is 1. The molecule has 35 heavy (non-hydrogen) atoms. The van der Waals surface area contributed by atoms with Gasteiger partial charge in [0.2, 0.25) is 5.91 Å². The molecule has 2 aromatic heterocycles. The summed E-state index contributed by atoms with van der Waals surface area (Å²) in [6.45, 7) is 10.5. The molecular formula is C28H29N5O2. The van der Waals surface area contributed by atoms with Gasteiger partial charge in [0.15, 0.2) is 11.6 Å². The number of fused-ring (bicyclic) bond motifs is 1. The summed E-state index contributed by atoms with van der Waals surface area (Å²) < 4.78 is 7.43. The fourth-order valence-corrected chi connectivity index (χ4v) is 4.29. The van der Waals surface area contributed by atoms with Crippen LogP contribution in [0.2, 0.25) is 0 Å². The summed E-state index contributed by atoms with van der Waals surface area (Å²) in [4.78, 5) is 17.5. The molecule has 7 heteroatoms. The number of aryl methyl sites for hydroxylation is 5. The lowest BCUT2D eigenvalue weighted by molar-refractivity contribution is -0.116. The zero-order valence-electron chi connectivity index (χ0n) is 20.8. The third-order valence-electron chi connectivity index (χ3n) is 6.01. The fraction of sp³-hybridized carbons (Fsp3) is 0.286. The van der Waals surface area contributed by atoms with Crippen LogP contribution >= 0.6 is 0 Å². The standard InChI is InChI=1S/C28H29N5O2/c1-17-12-21(5)26-23(13-17)20(4)14-24(31-26)33-28(22(15-29)16-30-33)32-25(34)10-7-11-35-27-18(2)8-6-9-19(27)3/h6,8-9,12-14,16H,7,10-11H2,1-5H3,(H,32,34). The van der Waals surface area contributed by atoms with Crippen molar-refractivity contribution < 1.29 is 9.53 Å². The molecule has 0 saturated heterocycles. The van der Waals surface area contributed by atoms with Crippen molar-refractivity contribution in [1.82, 2.24) is 14.8 Å². The summed E-state index contributed by atoms with van der Waals surface area (Å²) in [5, 5.41) is 17.9. The van der Waals surface area contributed by atoms with Crippen LogP contribution in [0.25, 0.3) is 16.7 Å². The predicted molar refractivity (Wildman–Crippen MR) is 137 cm³/mol. The highest BCUT2D eigenvalue weighted by atomic mass is 16.5. The molecule has 0 atom stereocenters. The maximum Gasteiger partial charge on any atom is 0.225 e. The number of aromatic nitrogens is 3. The van der Waals surface area contributed by atoms with Crippen molar-refractivity contribution in [2.24, 2.45) is 0 Å². The lowest BCUT2D eigenvalue weighted by Crippen LogP contribution is -2.17. The summed E-state index contributed by atoms with van der Waals surface area (Å²) in [7, 11) is 0. The second-order valence-electron chi connectivity index (χ2n) is 8.93. The average Bonchev–Trinajstić information content (AvgIpc) is 3.21. The van der Waals surface area contributed by atoms with Gasteiger partial charge in [0.25, 0.3) is 0 Å². The van der Waals surface area contributed by atoms with Crippen LogP contribution in [0.15, 0.2) is 42.6 Å². The van der Waals surface area contributed by atoms with E-state index in [1.807, 2.05) is 52.0 Å². The molecular weight excluding hydrogens is 438 g/mol. The summed E-state index contributed by atoms with van der Waals surface area (Å²) >= 11 is 0. The van der Waals surface area contributed by atoms with Crippen LogP contribution in [0.3, 0.4) is 0 Å². The van der Waals surface area contributed by atoms with Gasteiger partial charge in [-0.05, 0) is 75.4 Å². The van der Waals surface area contributed by atoms with Crippen LogP contribution < -0.4 is 10.1 Å². The average molecular weight is 468 g/mol. The van der Waals surface area contributed by atoms with Crippen molar-refractivity contribution in [3.63, 3.8) is 0 Å². The summed E-state index contributed by atoms with van der Waals surface area (Å²) in [5.41, 5.74) is 6.58. The maximum absolute atomic E-state index is 12.7. The molecule has 4 rings (SSSR count). The molecule has 0 aliphatic heterocycles. The van der Waals surface area contributed by atoms with Gasteiger partial charge in [0.1, 0.15) is 17.4 Å². The number of carbonyl (C=O) groups is 1. The Morgan fingerprint density at radius 3 is 2.51 bits per heavy atom. The van der Waals surface area contributed by atoms with Crippen molar-refractivity contribution in [2.45, 2.75) is 47.5 Å². The van der Waals surface area contributed by atoms with Gasteiger partial charge >= 0.3 is 0 Å². The second kappa shape index (κ2) is 9.98. The number of benzene rings is 2. The van der Waals surface area contributed by atoms with E-state index in [2.05, 4.69) is 35.5 Å². The molecule has 0 fully saturated rings. The van der Waals surface area contributed by atoms with Gasteiger partial charge in [0.05, 0.1) is 18.3 Å². The first-order valence-corrected chi connectivity index (χ1v) is 11.6. The number of ether oxygens (including phenoxy) is 1. The monoisotopic (exact) mass is 467 g/mol. The number of nitrogens with zero attached hydrogens (tertiary/aromatic N) is 4. The van der Waals surface area contributed by atoms with Crippen molar-refractivity contribution in [3.8, 4) is 17.6 Å². The highest BCUT2D eigenvalue weighted by Gasteiger charge is 2.17. The molecule has 1 amide bonds. The zero-order valence-corrected chi connectivity index (χ0v) is 20.8. The van der Waals surface area contributed by atoms with Gasteiger partial charge in [-0.3, -0.25) is 4.79 Å². The van der Waals surface area contributed by atoms with Crippen molar-refractivity contribution >= 4 is 22.6 Å². The Kier molecular flexibility index (Phi) is 6.83. The second-order valence-corrected chi connectivity index (χ2v) is 8.93. The van der Waals surface area contributed by atoms with Gasteiger partial charge < -0.3 is 10.1 Å². The molecule has 178 valence electrons. The van der Waals surface area contributed by atoms with Crippen LogP contribution in [0.4, 0.5) is 5.82 Å². The third kappa shape index (κ3) is 5.02. The molecule has 0 unspecified atom stereocenters. The third-order valence-corrected chi connectivity index (χ3v) is 6.01. The number of para-hydroxylation sites is 1. The number of rotatable bonds is 7. The molecule has 4 aromatic rings. The summed E-state index contributed by atoms with van der Waals surface area (Å²) in [6.07, 6.45) is 2.24. The summed E-state index contributed by atoms with van der Waals surface area (Å²) in [6, 6.07) is 14.2. The molecule has 7 nitrogen and oxygen atoms in total. The Balaban J connectivity index is 1.51. The van der Waals surface area contributed by atoms with Gasteiger partial charge in [0, 0.05) is 11.8 Å². The predicted octanol–water partition coefficient (Wildman–Crippen LogP) is 5.63.